The molecule has 0 aromatic heterocycles. The molecule has 0 aromatic carbocycles. The number of carbonyl (C=O) groups is 2. The molecule has 0 unspecified atom stereocenters. The third kappa shape index (κ3) is 11.9. The van der Waals surface area contributed by atoms with Gasteiger partial charge in [-0.2, -0.15) is 0 Å². The Balaban J connectivity index is 0. The van der Waals surface area contributed by atoms with Crippen molar-refractivity contribution in [3.8, 4) is 0 Å². The second kappa shape index (κ2) is 11.0. The number of hydrogen-bond acceptors (Lipinski definition) is 4. The van der Waals surface area contributed by atoms with Crippen molar-refractivity contribution in [2.45, 2.75) is 39.0 Å². The largest absolute Gasteiger partial charge is 1.00 e. The van der Waals surface area contributed by atoms with Crippen LogP contribution in [0.3, 0.4) is 0 Å². The molecule has 0 radical (unpaired) electrons. The van der Waals surface area contributed by atoms with Crippen LogP contribution in [0, 0.1) is 0 Å². The summed E-state index contributed by atoms with van der Waals surface area (Å²) < 4.78 is 4.70. The summed E-state index contributed by atoms with van der Waals surface area (Å²) in [6.07, 6.45) is 2.43. The number of esters is 1. The van der Waals surface area contributed by atoms with Crippen LogP contribution in [0.15, 0.2) is 0 Å². The fraction of sp³-hybridized carbons (Fsp3) is 0.778. The summed E-state index contributed by atoms with van der Waals surface area (Å²) in [5, 5.41) is 10.00. The summed E-state index contributed by atoms with van der Waals surface area (Å²) in [6, 6.07) is 0. The van der Waals surface area contributed by atoms with Gasteiger partial charge in [0.1, 0.15) is 0 Å². The molecule has 0 saturated heterocycles. The van der Waals surface area contributed by atoms with Gasteiger partial charge in [0.05, 0.1) is 6.61 Å². The second-order valence-electron chi connectivity index (χ2n) is 2.74. The Morgan fingerprint density at radius 3 is 2.21 bits per heavy atom. The molecule has 76 valence electrons. The van der Waals surface area contributed by atoms with Crippen molar-refractivity contribution in [2.75, 3.05) is 6.61 Å². The van der Waals surface area contributed by atoms with Crippen LogP contribution in [0.5, 0.6) is 0 Å². The molecular formula is C9H15NaO4. The van der Waals surface area contributed by atoms with Crippen LogP contribution in [-0.2, 0) is 14.3 Å². The zero-order chi connectivity index (χ0) is 10.1. The first-order chi connectivity index (χ1) is 6.16. The average molecular weight is 210 g/mol. The predicted molar refractivity (Wildman–Crippen MR) is 44.7 cm³/mol. The van der Waals surface area contributed by atoms with Gasteiger partial charge in [0.2, 0.25) is 0 Å². The van der Waals surface area contributed by atoms with Crippen molar-refractivity contribution in [1.29, 1.82) is 0 Å². The van der Waals surface area contributed by atoms with E-state index < -0.39 is 5.97 Å². The van der Waals surface area contributed by atoms with Crippen LogP contribution in [0.4, 0.5) is 0 Å². The first kappa shape index (κ1) is 16.4. The van der Waals surface area contributed by atoms with E-state index in [9.17, 15) is 14.7 Å². The SMILES string of the molecule is CCOC(=O)CCCCCC(=O)[O-].[Na+]. The summed E-state index contributed by atoms with van der Waals surface area (Å²) in [5.41, 5.74) is 0. The van der Waals surface area contributed by atoms with Gasteiger partial charge in [-0.25, -0.2) is 0 Å². The fourth-order valence-electron chi connectivity index (χ4n) is 0.949. The average Bonchev–Trinajstić information content (AvgIpc) is 2.03. The number of rotatable bonds is 7. The molecule has 14 heavy (non-hydrogen) atoms. The van der Waals surface area contributed by atoms with E-state index in [1.165, 1.54) is 0 Å². The molecule has 0 rings (SSSR count). The van der Waals surface area contributed by atoms with Crippen LogP contribution in [0.1, 0.15) is 39.0 Å². The van der Waals surface area contributed by atoms with Crippen molar-refractivity contribution in [1.82, 2.24) is 0 Å². The Morgan fingerprint density at radius 1 is 1.14 bits per heavy atom. The number of carbonyl (C=O) groups excluding carboxylic acids is 2. The molecule has 5 heteroatoms. The van der Waals surface area contributed by atoms with E-state index in [-0.39, 0.29) is 41.9 Å². The summed E-state index contributed by atoms with van der Waals surface area (Å²) >= 11 is 0. The summed E-state index contributed by atoms with van der Waals surface area (Å²) in [4.78, 5) is 20.8. The number of hydrogen-bond donors (Lipinski definition) is 0. The maximum Gasteiger partial charge on any atom is 1.00 e. The third-order valence-corrected chi connectivity index (χ3v) is 1.57. The molecular weight excluding hydrogens is 195 g/mol. The number of ether oxygens (including phenoxy) is 1. The Labute approximate surface area is 106 Å². The maximum absolute atomic E-state index is 10.8. The molecule has 0 aliphatic heterocycles. The number of aliphatic carboxylic acids is 1. The second-order valence-corrected chi connectivity index (χ2v) is 2.74. The minimum Gasteiger partial charge on any atom is -0.550 e. The molecule has 0 aliphatic carbocycles. The van der Waals surface area contributed by atoms with Crippen LogP contribution >= 0.6 is 0 Å². The van der Waals surface area contributed by atoms with Crippen LogP contribution in [0.2, 0.25) is 0 Å². The first-order valence-corrected chi connectivity index (χ1v) is 4.52. The van der Waals surface area contributed by atoms with E-state index in [2.05, 4.69) is 0 Å². The molecule has 0 N–H and O–H groups in total. The molecule has 0 amide bonds. The Morgan fingerprint density at radius 2 is 1.71 bits per heavy atom. The topological polar surface area (TPSA) is 66.4 Å². The standard InChI is InChI=1S/C9H16O4.Na/c1-2-13-9(12)7-5-3-4-6-8(10)11;/h2-7H2,1H3,(H,10,11);/q;+1/p-1. The van der Waals surface area contributed by atoms with Crippen LogP contribution < -0.4 is 34.7 Å². The molecule has 0 fully saturated rings. The van der Waals surface area contributed by atoms with Gasteiger partial charge in [0, 0.05) is 12.4 Å². The van der Waals surface area contributed by atoms with E-state index in [4.69, 9.17) is 4.74 Å². The number of carboxylic acid groups (broad SMARTS) is 1. The Kier molecular flexibility index (Phi) is 12.9. The minimum atomic E-state index is -1.03. The van der Waals surface area contributed by atoms with Gasteiger partial charge in [-0.15, -0.1) is 0 Å². The van der Waals surface area contributed by atoms with Crippen molar-refractivity contribution in [2.24, 2.45) is 0 Å². The van der Waals surface area contributed by atoms with Crippen LogP contribution in [0.25, 0.3) is 0 Å². The van der Waals surface area contributed by atoms with Gasteiger partial charge in [-0.05, 0) is 26.2 Å². The first-order valence-electron chi connectivity index (χ1n) is 4.52. The molecule has 0 atom stereocenters. The van der Waals surface area contributed by atoms with Crippen molar-refractivity contribution >= 4 is 11.9 Å². The molecule has 0 aliphatic rings. The van der Waals surface area contributed by atoms with E-state index in [0.717, 1.165) is 6.42 Å². The summed E-state index contributed by atoms with van der Waals surface area (Å²) in [5.74, 6) is -1.24. The normalized spacial score (nSPS) is 8.93. The molecule has 0 aromatic rings. The Hall–Kier alpha value is -0.0600. The van der Waals surface area contributed by atoms with Gasteiger partial charge >= 0.3 is 35.5 Å². The maximum atomic E-state index is 10.8. The third-order valence-electron chi connectivity index (χ3n) is 1.57. The number of unbranched alkanes of at least 4 members (excludes halogenated alkanes) is 2. The van der Waals surface area contributed by atoms with Gasteiger partial charge in [-0.1, -0.05) is 6.42 Å². The van der Waals surface area contributed by atoms with E-state index >= 15 is 0 Å². The molecule has 0 saturated carbocycles. The molecule has 0 heterocycles. The zero-order valence-electron chi connectivity index (χ0n) is 8.88. The quantitative estimate of drug-likeness (QED) is 0.260. The minimum absolute atomic E-state index is 0. The molecule has 4 nitrogen and oxygen atoms in total. The van der Waals surface area contributed by atoms with Crippen molar-refractivity contribution in [3.05, 3.63) is 0 Å². The van der Waals surface area contributed by atoms with Gasteiger partial charge < -0.3 is 14.6 Å². The predicted octanol–water partition coefficient (Wildman–Crippen LogP) is -2.75. The van der Waals surface area contributed by atoms with E-state index in [0.29, 0.717) is 25.9 Å². The van der Waals surface area contributed by atoms with Crippen molar-refractivity contribution < 1.29 is 49.0 Å². The monoisotopic (exact) mass is 210 g/mol. The van der Waals surface area contributed by atoms with Gasteiger partial charge in [-0.3, -0.25) is 4.79 Å². The molecule has 0 bridgehead atoms. The zero-order valence-corrected chi connectivity index (χ0v) is 10.9. The Bertz CT molecular complexity index is 170. The summed E-state index contributed by atoms with van der Waals surface area (Å²) in [7, 11) is 0. The molecule has 0 spiro atoms. The number of carboxylic acids is 1. The van der Waals surface area contributed by atoms with Crippen LogP contribution in [-0.4, -0.2) is 18.5 Å². The smallest absolute Gasteiger partial charge is 0.550 e. The fourth-order valence-corrected chi connectivity index (χ4v) is 0.949. The summed E-state index contributed by atoms with van der Waals surface area (Å²) in [6.45, 7) is 2.16. The van der Waals surface area contributed by atoms with Crippen molar-refractivity contribution in [3.63, 3.8) is 0 Å². The van der Waals surface area contributed by atoms with Gasteiger partial charge in [0.25, 0.3) is 0 Å². The van der Waals surface area contributed by atoms with E-state index in [1.54, 1.807) is 6.92 Å². The van der Waals surface area contributed by atoms with E-state index in [1.807, 2.05) is 0 Å². The van der Waals surface area contributed by atoms with Gasteiger partial charge in [0.15, 0.2) is 0 Å².